The molecule has 3 atom stereocenters. The van der Waals surface area contributed by atoms with Gasteiger partial charge in [0.05, 0.1) is 6.61 Å². The summed E-state index contributed by atoms with van der Waals surface area (Å²) in [5.74, 6) is -1.00. The first-order chi connectivity index (χ1) is 5.54. The van der Waals surface area contributed by atoms with Gasteiger partial charge in [0.1, 0.15) is 24.9 Å². The summed E-state index contributed by atoms with van der Waals surface area (Å²) in [6.07, 6.45) is -5.22. The minimum absolute atomic E-state index is 0. The predicted octanol–water partition coefficient (Wildman–Crippen LogP) is -3.53. The van der Waals surface area contributed by atoms with E-state index in [4.69, 9.17) is 25.5 Å². The fourth-order valence-electron chi connectivity index (χ4n) is 0.602. The number of aliphatic hydroxyl groups is 5. The third kappa shape index (κ3) is 4.86. The number of rotatable bonds is 5. The smallest absolute Gasteiger partial charge is 1.00 e. The van der Waals surface area contributed by atoms with Gasteiger partial charge in [-0.25, -0.2) is 0 Å². The van der Waals surface area contributed by atoms with Gasteiger partial charge in [-0.15, -0.1) is 0 Å². The summed E-state index contributed by atoms with van der Waals surface area (Å²) in [4.78, 5) is 10.5. The summed E-state index contributed by atoms with van der Waals surface area (Å²) < 4.78 is 0. The molecule has 0 rings (SSSR count). The molecule has 0 spiro atoms. The Morgan fingerprint density at radius 2 is 1.69 bits per heavy atom. The Morgan fingerprint density at radius 3 is 2.00 bits per heavy atom. The van der Waals surface area contributed by atoms with Crippen LogP contribution in [-0.2, 0) is 4.79 Å². The van der Waals surface area contributed by atoms with Crippen LogP contribution in [0.25, 0.3) is 0 Å². The zero-order valence-electron chi connectivity index (χ0n) is 9.00. The van der Waals surface area contributed by atoms with E-state index in [-0.39, 0.29) is 25.9 Å². The van der Waals surface area contributed by atoms with Gasteiger partial charge in [0, 0.05) is 0 Å². The van der Waals surface area contributed by atoms with Crippen molar-refractivity contribution in [2.45, 2.75) is 18.3 Å². The number of aliphatic hydroxyl groups excluding tert-OH is 5. The number of hydrogen-bond acceptors (Lipinski definition) is 6. The second kappa shape index (κ2) is 7.62. The molecule has 0 amide bonds. The van der Waals surface area contributed by atoms with Crippen molar-refractivity contribution in [3.05, 3.63) is 0 Å². The molecule has 0 aromatic rings. The van der Waals surface area contributed by atoms with Crippen LogP contribution in [-0.4, -0.2) is 85.9 Å². The second-order valence-electron chi connectivity index (χ2n) is 2.31. The molecule has 0 saturated heterocycles. The molecule has 3 unspecified atom stereocenters. The van der Waals surface area contributed by atoms with Gasteiger partial charge in [0.2, 0.25) is 0 Å². The van der Waals surface area contributed by atoms with Crippen LogP contribution in [0.15, 0.2) is 0 Å². The molecular weight excluding hydrogens is 192 g/mol. The van der Waals surface area contributed by atoms with Crippen molar-refractivity contribution in [1.29, 1.82) is 0 Å². The number of Topliss-reactive ketones (excluding diaryl/α,β-unsaturated/α-hetero) is 1. The Bertz CT molecular complexity index is 161. The first kappa shape index (κ1) is 15.7. The van der Waals surface area contributed by atoms with Gasteiger partial charge in [-0.05, 0) is 0 Å². The number of hydrogen-bond donors (Lipinski definition) is 5. The van der Waals surface area contributed by atoms with Gasteiger partial charge in [-0.2, -0.15) is 0 Å². The zero-order chi connectivity index (χ0) is 9.72. The van der Waals surface area contributed by atoms with Crippen molar-refractivity contribution in [1.82, 2.24) is 0 Å². The quantitative estimate of drug-likeness (QED) is 0.298. The Labute approximate surface area is 93.9 Å². The van der Waals surface area contributed by atoms with E-state index < -0.39 is 37.3 Å². The van der Waals surface area contributed by atoms with Crippen molar-refractivity contribution in [2.24, 2.45) is 0 Å². The Balaban J connectivity index is -0.000000202. The van der Waals surface area contributed by atoms with Crippen LogP contribution in [0.1, 0.15) is 2.85 Å². The van der Waals surface area contributed by atoms with Crippen LogP contribution in [0, 0.1) is 0 Å². The summed E-state index contributed by atoms with van der Waals surface area (Å²) >= 11 is 0. The van der Waals surface area contributed by atoms with Gasteiger partial charge in [0.15, 0.2) is 5.78 Å². The molecule has 7 heteroatoms. The van der Waals surface area contributed by atoms with Gasteiger partial charge in [-0.1, -0.05) is 0 Å². The molecule has 0 radical (unpaired) electrons. The predicted molar refractivity (Wildman–Crippen MR) is 45.2 cm³/mol. The Kier molecular flexibility index (Phi) is 9.20. The van der Waals surface area contributed by atoms with E-state index in [0.29, 0.717) is 0 Å². The monoisotopic (exact) mass is 206 g/mol. The maximum atomic E-state index is 10.5. The molecule has 0 bridgehead atoms. The summed E-state index contributed by atoms with van der Waals surface area (Å²) in [5, 5.41) is 43.1. The van der Waals surface area contributed by atoms with Gasteiger partial charge < -0.3 is 28.4 Å². The van der Waals surface area contributed by atoms with E-state index >= 15 is 0 Å². The van der Waals surface area contributed by atoms with Crippen molar-refractivity contribution in [3.8, 4) is 0 Å². The van der Waals surface area contributed by atoms with Crippen molar-refractivity contribution < 1.29 is 33.2 Å². The van der Waals surface area contributed by atoms with Gasteiger partial charge in [0.25, 0.3) is 0 Å². The summed E-state index contributed by atoms with van der Waals surface area (Å²) in [6, 6.07) is 0. The molecule has 5 N–H and O–H groups in total. The minimum Gasteiger partial charge on any atom is -1.00 e. The van der Waals surface area contributed by atoms with E-state index in [1.807, 2.05) is 0 Å². The van der Waals surface area contributed by atoms with E-state index in [9.17, 15) is 4.79 Å². The van der Waals surface area contributed by atoms with E-state index in [1.165, 1.54) is 0 Å². The molecule has 0 saturated carbocycles. The maximum absolute atomic E-state index is 10.5. The minimum atomic E-state index is -1.86. The molecule has 0 aromatic heterocycles. The largest absolute Gasteiger partial charge is 2.00 e. The van der Waals surface area contributed by atoms with Crippen LogP contribution in [0.5, 0.6) is 0 Å². The van der Waals surface area contributed by atoms with Gasteiger partial charge >= 0.3 is 23.1 Å². The fourth-order valence-corrected chi connectivity index (χ4v) is 0.602. The van der Waals surface area contributed by atoms with Crippen LogP contribution in [0.2, 0.25) is 0 Å². The molecule has 76 valence electrons. The summed E-state index contributed by atoms with van der Waals surface area (Å²) in [7, 11) is 0. The number of ketones is 1. The summed E-state index contributed by atoms with van der Waals surface area (Å²) in [5.41, 5.74) is 0. The first-order valence-electron chi connectivity index (χ1n) is 3.33. The van der Waals surface area contributed by atoms with E-state index in [1.54, 1.807) is 0 Å². The topological polar surface area (TPSA) is 118 Å². The molecule has 0 aliphatic carbocycles. The first-order valence-corrected chi connectivity index (χ1v) is 3.33. The maximum Gasteiger partial charge on any atom is 2.00 e. The van der Waals surface area contributed by atoms with E-state index in [0.717, 1.165) is 0 Å². The second-order valence-corrected chi connectivity index (χ2v) is 2.31. The Morgan fingerprint density at radius 1 is 1.23 bits per heavy atom. The SMILES string of the molecule is O=C(CO)C(O)C(O)C(O)CO.[H-].[H-].[Mg+2]. The van der Waals surface area contributed by atoms with Crippen LogP contribution in [0.3, 0.4) is 0 Å². The van der Waals surface area contributed by atoms with Crippen LogP contribution >= 0.6 is 0 Å². The van der Waals surface area contributed by atoms with E-state index in [2.05, 4.69) is 0 Å². The molecular formula is C6H14MgO6. The molecule has 0 aromatic carbocycles. The molecule has 13 heavy (non-hydrogen) atoms. The van der Waals surface area contributed by atoms with Crippen LogP contribution in [0.4, 0.5) is 0 Å². The van der Waals surface area contributed by atoms with Crippen molar-refractivity contribution in [3.63, 3.8) is 0 Å². The third-order valence-corrected chi connectivity index (χ3v) is 1.39. The standard InChI is InChI=1S/C6H12O6.Mg.2H/c7-1-3(9)5(11)6(12)4(10)2-8;;;/h3,5-9,11-12H,1-2H2;;;/q;+2;2*-1. The zero-order valence-corrected chi connectivity index (χ0v) is 8.41. The normalized spacial score (nSPS) is 17.0. The third-order valence-electron chi connectivity index (χ3n) is 1.39. The Hall–Kier alpha value is 0.236. The molecule has 0 heterocycles. The average Bonchev–Trinajstić information content (AvgIpc) is 2.12. The summed E-state index contributed by atoms with van der Waals surface area (Å²) in [6.45, 7) is -1.69. The molecule has 6 nitrogen and oxygen atoms in total. The van der Waals surface area contributed by atoms with Crippen molar-refractivity contribution in [2.75, 3.05) is 13.2 Å². The number of carbonyl (C=O) groups is 1. The van der Waals surface area contributed by atoms with Crippen molar-refractivity contribution >= 4 is 28.8 Å². The average molecular weight is 206 g/mol. The molecule has 0 fully saturated rings. The number of carbonyl (C=O) groups excluding carboxylic acids is 1. The fraction of sp³-hybridized carbons (Fsp3) is 0.833. The molecule has 0 aliphatic rings. The molecule has 0 aliphatic heterocycles. The van der Waals surface area contributed by atoms with Crippen LogP contribution < -0.4 is 0 Å². The van der Waals surface area contributed by atoms with Gasteiger partial charge in [-0.3, -0.25) is 4.79 Å².